The second-order valence-corrected chi connectivity index (χ2v) is 8.86. The van der Waals surface area contributed by atoms with E-state index in [9.17, 15) is 9.59 Å². The van der Waals surface area contributed by atoms with E-state index in [-0.39, 0.29) is 0 Å². The van der Waals surface area contributed by atoms with Crippen LogP contribution in [-0.4, -0.2) is 11.9 Å². The summed E-state index contributed by atoms with van der Waals surface area (Å²) in [6.07, 6.45) is 7.00. The van der Waals surface area contributed by atoms with E-state index in [1.807, 2.05) is 31.2 Å². The van der Waals surface area contributed by atoms with Gasteiger partial charge in [0.25, 0.3) is 0 Å². The summed E-state index contributed by atoms with van der Waals surface area (Å²) < 4.78 is 12.1. The van der Waals surface area contributed by atoms with Gasteiger partial charge in [0.05, 0.1) is 11.1 Å². The van der Waals surface area contributed by atoms with Gasteiger partial charge in [0.15, 0.2) is 11.5 Å². The highest BCUT2D eigenvalue weighted by Gasteiger charge is 2.29. The van der Waals surface area contributed by atoms with E-state index in [1.165, 1.54) is 18.4 Å². The van der Waals surface area contributed by atoms with Crippen molar-refractivity contribution in [1.29, 1.82) is 0 Å². The standard InChI is InChI=1S/C30H32O4/c1-3-13-25-26(22-14-11-12-15-22)20-21(4-2)27(33-29(31)23-16-7-5-8-17-23)28(25)34-30(32)24-18-9-6-10-19-24/h5-10,16-20,22H,3-4,11-15H2,1-2H3. The van der Waals surface area contributed by atoms with Gasteiger partial charge in [0.2, 0.25) is 0 Å². The van der Waals surface area contributed by atoms with Gasteiger partial charge in [0, 0.05) is 5.56 Å². The third-order valence-electron chi connectivity index (χ3n) is 6.53. The first-order valence-electron chi connectivity index (χ1n) is 12.3. The molecule has 1 fully saturated rings. The first kappa shape index (κ1) is 23.7. The third-order valence-corrected chi connectivity index (χ3v) is 6.53. The lowest BCUT2D eigenvalue weighted by Gasteiger charge is -2.23. The molecule has 0 N–H and O–H groups in total. The van der Waals surface area contributed by atoms with Crippen LogP contribution in [0.1, 0.15) is 89.3 Å². The van der Waals surface area contributed by atoms with Crippen molar-refractivity contribution in [2.45, 2.75) is 64.7 Å². The largest absolute Gasteiger partial charge is 0.419 e. The summed E-state index contributed by atoms with van der Waals surface area (Å²) in [6.45, 7) is 4.15. The summed E-state index contributed by atoms with van der Waals surface area (Å²) in [5, 5.41) is 0. The fourth-order valence-corrected chi connectivity index (χ4v) is 4.80. The number of rotatable bonds is 8. The Kier molecular flexibility index (Phi) is 7.79. The molecule has 0 atom stereocenters. The number of hydrogen-bond donors (Lipinski definition) is 0. The smallest absolute Gasteiger partial charge is 0.343 e. The molecule has 0 unspecified atom stereocenters. The van der Waals surface area contributed by atoms with Gasteiger partial charge in [-0.2, -0.15) is 0 Å². The lowest BCUT2D eigenvalue weighted by molar-refractivity contribution is 0.0679. The van der Waals surface area contributed by atoms with Crippen LogP contribution in [0.4, 0.5) is 0 Å². The molecule has 0 bridgehead atoms. The molecule has 0 amide bonds. The minimum absolute atomic E-state index is 0.367. The van der Waals surface area contributed by atoms with Crippen LogP contribution >= 0.6 is 0 Å². The van der Waals surface area contributed by atoms with E-state index in [1.54, 1.807) is 36.4 Å². The van der Waals surface area contributed by atoms with Crippen LogP contribution in [0.15, 0.2) is 66.7 Å². The van der Waals surface area contributed by atoms with Gasteiger partial charge in [0.1, 0.15) is 0 Å². The lowest BCUT2D eigenvalue weighted by atomic mass is 9.87. The zero-order valence-corrected chi connectivity index (χ0v) is 20.0. The first-order valence-corrected chi connectivity index (χ1v) is 12.3. The van der Waals surface area contributed by atoms with Gasteiger partial charge in [-0.05, 0) is 67.0 Å². The molecule has 0 heterocycles. The van der Waals surface area contributed by atoms with Crippen molar-refractivity contribution in [3.05, 3.63) is 94.5 Å². The van der Waals surface area contributed by atoms with Gasteiger partial charge in [-0.1, -0.05) is 75.6 Å². The number of esters is 2. The molecule has 4 rings (SSSR count). The SMILES string of the molecule is CCCc1c(C2CCCC2)cc(CC)c(OC(=O)c2ccccc2)c1OC(=O)c1ccccc1. The predicted octanol–water partition coefficient (Wildman–Crippen LogP) is 7.30. The average Bonchev–Trinajstić information content (AvgIpc) is 3.42. The van der Waals surface area contributed by atoms with Crippen molar-refractivity contribution in [3.8, 4) is 11.5 Å². The maximum atomic E-state index is 13.1. The van der Waals surface area contributed by atoms with Crippen LogP contribution in [-0.2, 0) is 12.8 Å². The summed E-state index contributed by atoms with van der Waals surface area (Å²) in [5.74, 6) is 0.316. The fourth-order valence-electron chi connectivity index (χ4n) is 4.80. The maximum absolute atomic E-state index is 13.1. The van der Waals surface area contributed by atoms with Gasteiger partial charge in [-0.3, -0.25) is 0 Å². The Morgan fingerprint density at radius 2 is 1.32 bits per heavy atom. The predicted molar refractivity (Wildman–Crippen MR) is 134 cm³/mol. The van der Waals surface area contributed by atoms with Gasteiger partial charge in [-0.25, -0.2) is 9.59 Å². The lowest BCUT2D eigenvalue weighted by Crippen LogP contribution is -2.17. The second-order valence-electron chi connectivity index (χ2n) is 8.86. The van der Waals surface area contributed by atoms with Crippen LogP contribution in [0.3, 0.4) is 0 Å². The van der Waals surface area contributed by atoms with E-state index in [4.69, 9.17) is 9.47 Å². The molecule has 0 spiro atoms. The third kappa shape index (κ3) is 5.22. The average molecular weight is 457 g/mol. The summed E-state index contributed by atoms with van der Waals surface area (Å²) in [7, 11) is 0. The molecule has 3 aromatic carbocycles. The number of carbonyl (C=O) groups excluding carboxylic acids is 2. The van der Waals surface area contributed by atoms with Gasteiger partial charge in [-0.15, -0.1) is 0 Å². The Hall–Kier alpha value is -3.40. The number of carbonyl (C=O) groups is 2. The summed E-state index contributed by atoms with van der Waals surface area (Å²) >= 11 is 0. The minimum Gasteiger partial charge on any atom is -0.419 e. The quantitative estimate of drug-likeness (QED) is 0.264. The van der Waals surface area contributed by atoms with E-state index in [0.29, 0.717) is 35.0 Å². The van der Waals surface area contributed by atoms with Crippen LogP contribution < -0.4 is 9.47 Å². The van der Waals surface area contributed by atoms with Crippen molar-refractivity contribution in [3.63, 3.8) is 0 Å². The number of aryl methyl sites for hydroxylation is 1. The van der Waals surface area contributed by atoms with Crippen molar-refractivity contribution in [1.82, 2.24) is 0 Å². The zero-order valence-electron chi connectivity index (χ0n) is 20.0. The highest BCUT2D eigenvalue weighted by Crippen LogP contribution is 2.45. The van der Waals surface area contributed by atoms with Crippen LogP contribution in [0.25, 0.3) is 0 Å². The van der Waals surface area contributed by atoms with Crippen molar-refractivity contribution >= 4 is 11.9 Å². The molecule has 4 heteroatoms. The van der Waals surface area contributed by atoms with E-state index >= 15 is 0 Å². The van der Waals surface area contributed by atoms with Crippen molar-refractivity contribution in [2.75, 3.05) is 0 Å². The molecule has 4 nitrogen and oxygen atoms in total. The molecule has 0 radical (unpaired) electrons. The van der Waals surface area contributed by atoms with Gasteiger partial charge < -0.3 is 9.47 Å². The van der Waals surface area contributed by atoms with E-state index in [0.717, 1.165) is 36.8 Å². The topological polar surface area (TPSA) is 52.6 Å². The highest BCUT2D eigenvalue weighted by atomic mass is 16.6. The Morgan fingerprint density at radius 1 is 0.794 bits per heavy atom. The normalized spacial score (nSPS) is 13.6. The molecular weight excluding hydrogens is 424 g/mol. The highest BCUT2D eigenvalue weighted by molar-refractivity contribution is 5.93. The van der Waals surface area contributed by atoms with Crippen molar-refractivity contribution in [2.24, 2.45) is 0 Å². The monoisotopic (exact) mass is 456 g/mol. The van der Waals surface area contributed by atoms with E-state index < -0.39 is 11.9 Å². The molecule has 1 saturated carbocycles. The fraction of sp³-hybridized carbons (Fsp3) is 0.333. The first-order chi connectivity index (χ1) is 16.6. The Bertz CT molecular complexity index is 1130. The summed E-state index contributed by atoms with van der Waals surface area (Å²) in [6, 6.07) is 20.1. The molecule has 1 aliphatic rings. The summed E-state index contributed by atoms with van der Waals surface area (Å²) in [5.41, 5.74) is 4.05. The maximum Gasteiger partial charge on any atom is 0.343 e. The molecular formula is C30H32O4. The molecule has 3 aromatic rings. The molecule has 1 aliphatic carbocycles. The number of hydrogen-bond acceptors (Lipinski definition) is 4. The number of benzene rings is 3. The Labute approximate surface area is 201 Å². The Morgan fingerprint density at radius 3 is 1.82 bits per heavy atom. The number of ether oxygens (including phenoxy) is 2. The van der Waals surface area contributed by atoms with E-state index in [2.05, 4.69) is 13.0 Å². The molecule has 0 aliphatic heterocycles. The minimum atomic E-state index is -0.455. The second kappa shape index (κ2) is 11.1. The zero-order chi connectivity index (χ0) is 23.9. The van der Waals surface area contributed by atoms with Crippen LogP contribution in [0.2, 0.25) is 0 Å². The Balaban J connectivity index is 1.84. The van der Waals surface area contributed by atoms with Crippen LogP contribution in [0, 0.1) is 0 Å². The molecule has 176 valence electrons. The van der Waals surface area contributed by atoms with Crippen molar-refractivity contribution < 1.29 is 19.1 Å². The summed E-state index contributed by atoms with van der Waals surface area (Å²) in [4.78, 5) is 26.2. The molecule has 0 aromatic heterocycles. The van der Waals surface area contributed by atoms with Crippen LogP contribution in [0.5, 0.6) is 11.5 Å². The molecule has 34 heavy (non-hydrogen) atoms. The molecule has 0 saturated heterocycles. The van der Waals surface area contributed by atoms with Gasteiger partial charge >= 0.3 is 11.9 Å².